The van der Waals surface area contributed by atoms with Gasteiger partial charge in [-0.15, -0.1) is 0 Å². The van der Waals surface area contributed by atoms with E-state index in [-0.39, 0.29) is 0 Å². The third kappa shape index (κ3) is 0.772. The van der Waals surface area contributed by atoms with E-state index in [1.807, 2.05) is 12.1 Å². The highest BCUT2D eigenvalue weighted by atomic mass is 32.2. The average molecular weight is 137 g/mol. The molecule has 1 aliphatic rings. The first-order chi connectivity index (χ1) is 4.47. The number of nitrogens with zero attached hydrogens (tertiary/aromatic N) is 2. The molecule has 0 aromatic carbocycles. The van der Waals surface area contributed by atoms with Gasteiger partial charge in [-0.05, 0) is 12.1 Å². The van der Waals surface area contributed by atoms with Gasteiger partial charge in [0.05, 0.1) is 10.8 Å². The van der Waals surface area contributed by atoms with Crippen molar-refractivity contribution in [3.05, 3.63) is 18.3 Å². The second-order valence-corrected chi connectivity index (χ2v) is 2.74. The number of pyridine rings is 1. The summed E-state index contributed by atoms with van der Waals surface area (Å²) in [6.45, 7) is 0. The molecule has 0 N–H and O–H groups in total. The molecule has 0 unspecified atom stereocenters. The van der Waals surface area contributed by atoms with Gasteiger partial charge in [-0.3, -0.25) is 5.32 Å². The van der Waals surface area contributed by atoms with Gasteiger partial charge in [0.1, 0.15) is 0 Å². The molecule has 2 rings (SSSR count). The molecule has 0 bridgehead atoms. The summed E-state index contributed by atoms with van der Waals surface area (Å²) in [5.74, 6) is 1.74. The molecule has 0 aliphatic carbocycles. The van der Waals surface area contributed by atoms with Crippen molar-refractivity contribution in [2.75, 3.05) is 5.88 Å². The standard InChI is InChI=1S/C6H5N2S/c1-2-5-6(7-3-1)8-4-9-5/h1-3H,4H2. The Balaban J connectivity index is 2.54. The molecule has 0 amide bonds. The van der Waals surface area contributed by atoms with Crippen LogP contribution in [0.2, 0.25) is 0 Å². The smallest absolute Gasteiger partial charge is 0.161 e. The Morgan fingerprint density at radius 2 is 2.56 bits per heavy atom. The van der Waals surface area contributed by atoms with Crippen molar-refractivity contribution < 1.29 is 0 Å². The third-order valence-corrected chi connectivity index (χ3v) is 2.07. The first-order valence-electron chi connectivity index (χ1n) is 2.72. The van der Waals surface area contributed by atoms with E-state index in [0.717, 1.165) is 11.7 Å². The van der Waals surface area contributed by atoms with Crippen molar-refractivity contribution in [3.8, 4) is 0 Å². The summed E-state index contributed by atoms with van der Waals surface area (Å²) >= 11 is 1.74. The number of hydrogen-bond donors (Lipinski definition) is 0. The van der Waals surface area contributed by atoms with Crippen molar-refractivity contribution in [2.24, 2.45) is 0 Å². The van der Waals surface area contributed by atoms with E-state index in [1.165, 1.54) is 4.90 Å². The van der Waals surface area contributed by atoms with Crippen molar-refractivity contribution in [2.45, 2.75) is 4.90 Å². The van der Waals surface area contributed by atoms with E-state index < -0.39 is 0 Å². The Bertz CT molecular complexity index is 201. The quantitative estimate of drug-likeness (QED) is 0.540. The first kappa shape index (κ1) is 5.11. The summed E-state index contributed by atoms with van der Waals surface area (Å²) in [5.41, 5.74) is 0. The van der Waals surface area contributed by atoms with E-state index in [2.05, 4.69) is 10.3 Å². The summed E-state index contributed by atoms with van der Waals surface area (Å²) in [4.78, 5) is 5.28. The monoisotopic (exact) mass is 137 g/mol. The van der Waals surface area contributed by atoms with Crippen LogP contribution < -0.4 is 5.32 Å². The summed E-state index contributed by atoms with van der Waals surface area (Å²) < 4.78 is 0. The number of fused-ring (bicyclic) bond motifs is 1. The lowest BCUT2D eigenvalue weighted by Gasteiger charge is -1.89. The Morgan fingerprint density at radius 3 is 3.44 bits per heavy atom. The van der Waals surface area contributed by atoms with Gasteiger partial charge in [0.2, 0.25) is 0 Å². The lowest BCUT2D eigenvalue weighted by molar-refractivity contribution is 0.994. The zero-order valence-electron chi connectivity index (χ0n) is 4.74. The van der Waals surface area contributed by atoms with Crippen LogP contribution in [0, 0.1) is 0 Å². The highest BCUT2D eigenvalue weighted by Gasteiger charge is 2.10. The minimum atomic E-state index is 0.840. The lowest BCUT2D eigenvalue weighted by atomic mass is 10.5. The molecule has 45 valence electrons. The van der Waals surface area contributed by atoms with Gasteiger partial charge in [0.15, 0.2) is 5.82 Å². The van der Waals surface area contributed by atoms with Crippen LogP contribution in [0.25, 0.3) is 0 Å². The Kier molecular flexibility index (Phi) is 1.09. The van der Waals surface area contributed by atoms with Crippen LogP contribution >= 0.6 is 11.8 Å². The Labute approximate surface area is 57.7 Å². The summed E-state index contributed by atoms with van der Waals surface area (Å²) in [5, 5.41) is 4.15. The SMILES string of the molecule is c1cnc2c(c1)SC[N]2. The van der Waals surface area contributed by atoms with Crippen LogP contribution in [0.15, 0.2) is 23.2 Å². The zero-order chi connectivity index (χ0) is 6.10. The number of hydrogen-bond acceptors (Lipinski definition) is 2. The summed E-state index contributed by atoms with van der Waals surface area (Å²) in [7, 11) is 0. The molecule has 1 aliphatic heterocycles. The molecular formula is C6H5N2S. The average Bonchev–Trinajstić information content (AvgIpc) is 2.33. The van der Waals surface area contributed by atoms with Gasteiger partial charge in [-0.2, -0.15) is 0 Å². The molecule has 0 fully saturated rings. The van der Waals surface area contributed by atoms with Crippen LogP contribution in [0.3, 0.4) is 0 Å². The fourth-order valence-corrected chi connectivity index (χ4v) is 1.52. The molecule has 0 spiro atoms. The van der Waals surface area contributed by atoms with E-state index in [1.54, 1.807) is 18.0 Å². The fraction of sp³-hybridized carbons (Fsp3) is 0.167. The van der Waals surface area contributed by atoms with Crippen LogP contribution in [0.1, 0.15) is 0 Å². The van der Waals surface area contributed by atoms with Gasteiger partial charge in [-0.1, -0.05) is 11.8 Å². The molecular weight excluding hydrogens is 132 g/mol. The van der Waals surface area contributed by atoms with Crippen molar-refractivity contribution in [1.82, 2.24) is 10.3 Å². The molecule has 0 atom stereocenters. The molecule has 1 aromatic rings. The third-order valence-electron chi connectivity index (χ3n) is 1.19. The van der Waals surface area contributed by atoms with Crippen molar-refractivity contribution in [1.29, 1.82) is 0 Å². The molecule has 0 saturated carbocycles. The van der Waals surface area contributed by atoms with Crippen LogP contribution in [0.4, 0.5) is 5.82 Å². The topological polar surface area (TPSA) is 27.0 Å². The van der Waals surface area contributed by atoms with E-state index >= 15 is 0 Å². The van der Waals surface area contributed by atoms with Crippen molar-refractivity contribution in [3.63, 3.8) is 0 Å². The highest BCUT2D eigenvalue weighted by Crippen LogP contribution is 2.30. The van der Waals surface area contributed by atoms with E-state index in [9.17, 15) is 0 Å². The normalized spacial score (nSPS) is 14.7. The number of thioether (sulfide) groups is 1. The summed E-state index contributed by atoms with van der Waals surface area (Å²) in [6, 6.07) is 3.98. The molecule has 2 nitrogen and oxygen atoms in total. The van der Waals surface area contributed by atoms with Gasteiger partial charge < -0.3 is 0 Å². The predicted octanol–water partition coefficient (Wildman–Crippen LogP) is 1.38. The maximum Gasteiger partial charge on any atom is 0.161 e. The first-order valence-corrected chi connectivity index (χ1v) is 3.71. The minimum Gasteiger partial charge on any atom is -0.254 e. The van der Waals surface area contributed by atoms with Gasteiger partial charge in [0, 0.05) is 6.20 Å². The largest absolute Gasteiger partial charge is 0.254 e. The maximum atomic E-state index is 4.15. The molecule has 9 heavy (non-hydrogen) atoms. The van der Waals surface area contributed by atoms with E-state index in [4.69, 9.17) is 0 Å². The Hall–Kier alpha value is -0.700. The van der Waals surface area contributed by atoms with Crippen LogP contribution in [0.5, 0.6) is 0 Å². The molecule has 0 saturated heterocycles. The fourth-order valence-electron chi connectivity index (χ4n) is 0.777. The van der Waals surface area contributed by atoms with Gasteiger partial charge in [0.25, 0.3) is 0 Å². The predicted molar refractivity (Wildman–Crippen MR) is 36.8 cm³/mol. The highest BCUT2D eigenvalue weighted by molar-refractivity contribution is 7.99. The number of aromatic nitrogens is 1. The number of rotatable bonds is 0. The maximum absolute atomic E-state index is 4.15. The molecule has 2 heterocycles. The van der Waals surface area contributed by atoms with Crippen LogP contribution in [-0.2, 0) is 0 Å². The van der Waals surface area contributed by atoms with E-state index in [0.29, 0.717) is 0 Å². The van der Waals surface area contributed by atoms with Crippen LogP contribution in [-0.4, -0.2) is 10.9 Å². The molecule has 3 heteroatoms. The van der Waals surface area contributed by atoms with Crippen molar-refractivity contribution >= 4 is 17.6 Å². The van der Waals surface area contributed by atoms with Gasteiger partial charge in [-0.25, -0.2) is 4.98 Å². The van der Waals surface area contributed by atoms with Gasteiger partial charge >= 0.3 is 0 Å². The lowest BCUT2D eigenvalue weighted by Crippen LogP contribution is -1.88. The second kappa shape index (κ2) is 1.92. The minimum absolute atomic E-state index is 0.840. The zero-order valence-corrected chi connectivity index (χ0v) is 5.56. The second-order valence-electron chi connectivity index (χ2n) is 1.76. The molecule has 1 radical (unpaired) electrons. The Morgan fingerprint density at radius 1 is 1.56 bits per heavy atom. The summed E-state index contributed by atoms with van der Waals surface area (Å²) in [6.07, 6.45) is 1.77. The molecule has 1 aromatic heterocycles.